The summed E-state index contributed by atoms with van der Waals surface area (Å²) >= 11 is 0. The minimum atomic E-state index is -0.659. The van der Waals surface area contributed by atoms with Crippen LogP contribution in [0.5, 0.6) is 34.5 Å². The van der Waals surface area contributed by atoms with Gasteiger partial charge in [0.1, 0.15) is 6.61 Å². The highest BCUT2D eigenvalue weighted by molar-refractivity contribution is 5.97. The first kappa shape index (κ1) is 33.9. The van der Waals surface area contributed by atoms with Gasteiger partial charge in [0, 0.05) is 36.8 Å². The van der Waals surface area contributed by atoms with Crippen LogP contribution in [-0.2, 0) is 4.74 Å². The highest BCUT2D eigenvalue weighted by Crippen LogP contribution is 2.40. The summed E-state index contributed by atoms with van der Waals surface area (Å²) in [5.41, 5.74) is 0.602. The largest absolute Gasteiger partial charge is 0.493 e. The van der Waals surface area contributed by atoms with Gasteiger partial charge in [-0.05, 0) is 37.6 Å². The summed E-state index contributed by atoms with van der Waals surface area (Å²) < 4.78 is 38.1. The van der Waals surface area contributed by atoms with Gasteiger partial charge in [-0.1, -0.05) is 13.3 Å². The van der Waals surface area contributed by atoms with Crippen LogP contribution >= 0.6 is 0 Å². The van der Waals surface area contributed by atoms with Gasteiger partial charge in [-0.15, -0.1) is 0 Å². The van der Waals surface area contributed by atoms with Gasteiger partial charge in [-0.25, -0.2) is 4.79 Å². The van der Waals surface area contributed by atoms with Crippen LogP contribution in [0.15, 0.2) is 24.3 Å². The lowest BCUT2D eigenvalue weighted by atomic mass is 10.1. The number of piperazine rings is 1. The first-order chi connectivity index (χ1) is 21.1. The Morgan fingerprint density at radius 3 is 1.68 bits per heavy atom. The molecular weight excluding hydrogens is 574 g/mol. The molecule has 13 nitrogen and oxygen atoms in total. The van der Waals surface area contributed by atoms with E-state index < -0.39 is 12.1 Å². The molecule has 0 bridgehead atoms. The average molecular weight is 618 g/mol. The number of benzene rings is 2. The number of carbonyl (C=O) groups excluding carboxylic acids is 3. The van der Waals surface area contributed by atoms with E-state index >= 15 is 0 Å². The van der Waals surface area contributed by atoms with Crippen LogP contribution in [0.3, 0.4) is 0 Å². The molecule has 2 aromatic carbocycles. The van der Waals surface area contributed by atoms with Crippen LogP contribution in [0.4, 0.5) is 4.79 Å². The predicted molar refractivity (Wildman–Crippen MR) is 162 cm³/mol. The molecule has 1 aliphatic heterocycles. The molecule has 0 aliphatic carbocycles. The molecule has 1 aliphatic rings. The number of nitrogens with one attached hydrogen (secondary N) is 1. The fourth-order valence-electron chi connectivity index (χ4n) is 5.13. The zero-order chi connectivity index (χ0) is 32.4. The molecule has 1 N–H and O–H groups in total. The summed E-state index contributed by atoms with van der Waals surface area (Å²) in [6.45, 7) is 4.28. The number of rotatable bonds is 13. The third-order valence-corrected chi connectivity index (χ3v) is 7.35. The van der Waals surface area contributed by atoms with E-state index in [2.05, 4.69) is 5.32 Å². The number of hydrogen-bond donors (Lipinski definition) is 1. The summed E-state index contributed by atoms with van der Waals surface area (Å²) in [5.74, 6) is 1.37. The third kappa shape index (κ3) is 7.69. The first-order valence-electron chi connectivity index (χ1n) is 14.3. The van der Waals surface area contributed by atoms with Gasteiger partial charge >= 0.3 is 6.09 Å². The second-order valence-electron chi connectivity index (χ2n) is 10.2. The Morgan fingerprint density at radius 1 is 0.773 bits per heavy atom. The summed E-state index contributed by atoms with van der Waals surface area (Å²) in [4.78, 5) is 43.4. The number of methoxy groups -OCH3 is 6. The Hall–Kier alpha value is -4.55. The Labute approximate surface area is 258 Å². The van der Waals surface area contributed by atoms with Crippen molar-refractivity contribution in [2.45, 2.75) is 38.8 Å². The quantitative estimate of drug-likeness (QED) is 0.355. The van der Waals surface area contributed by atoms with E-state index in [4.69, 9.17) is 33.2 Å². The maximum absolute atomic E-state index is 13.9. The minimum absolute atomic E-state index is 0.0751. The number of nitrogens with zero attached hydrogens (tertiary/aromatic N) is 2. The smallest absolute Gasteiger partial charge is 0.407 e. The van der Waals surface area contributed by atoms with E-state index in [9.17, 15) is 14.4 Å². The predicted octanol–water partition coefficient (Wildman–Crippen LogP) is 3.62. The van der Waals surface area contributed by atoms with Gasteiger partial charge in [0.15, 0.2) is 23.0 Å². The van der Waals surface area contributed by atoms with Crippen molar-refractivity contribution in [3.8, 4) is 34.5 Å². The average Bonchev–Trinajstić information content (AvgIpc) is 3.04. The highest BCUT2D eigenvalue weighted by atomic mass is 16.6. The Kier molecular flexibility index (Phi) is 12.2. The minimum Gasteiger partial charge on any atom is -0.493 e. The van der Waals surface area contributed by atoms with E-state index in [-0.39, 0.29) is 49.7 Å². The standard InChI is InChI=1S/C31H43N3O10/c1-9-10-19(2)32-31(37)44-18-22-17-33(29(35)20-13-23(38-3)27(42-7)24(14-20)39-4)11-12-34(22)30(36)21-15-25(40-5)28(43-8)26(16-21)41-6/h13-16,19,22H,9-12,17-18H2,1-8H3,(H,32,37). The normalized spacial score (nSPS) is 15.1. The molecule has 0 radical (unpaired) electrons. The number of ether oxygens (including phenoxy) is 7. The summed E-state index contributed by atoms with van der Waals surface area (Å²) in [6.07, 6.45) is 1.10. The lowest BCUT2D eigenvalue weighted by molar-refractivity contribution is 0.0226. The second-order valence-corrected chi connectivity index (χ2v) is 10.2. The molecule has 44 heavy (non-hydrogen) atoms. The zero-order valence-corrected chi connectivity index (χ0v) is 26.7. The fraction of sp³-hybridized carbons (Fsp3) is 0.516. The summed E-state index contributed by atoms with van der Waals surface area (Å²) in [7, 11) is 8.83. The van der Waals surface area contributed by atoms with Crippen LogP contribution in [0.2, 0.25) is 0 Å². The van der Waals surface area contributed by atoms with Gasteiger partial charge in [0.2, 0.25) is 11.5 Å². The van der Waals surface area contributed by atoms with Gasteiger partial charge < -0.3 is 48.3 Å². The lowest BCUT2D eigenvalue weighted by Gasteiger charge is -2.41. The molecule has 2 unspecified atom stereocenters. The summed E-state index contributed by atoms with van der Waals surface area (Å²) in [6, 6.07) is 5.54. The van der Waals surface area contributed by atoms with Crippen LogP contribution in [0.25, 0.3) is 0 Å². The maximum Gasteiger partial charge on any atom is 0.407 e. The van der Waals surface area contributed by atoms with Crippen LogP contribution < -0.4 is 33.7 Å². The Bertz CT molecular complexity index is 1270. The van der Waals surface area contributed by atoms with Crippen molar-refractivity contribution in [3.05, 3.63) is 35.4 Å². The van der Waals surface area contributed by atoms with E-state index in [1.165, 1.54) is 42.7 Å². The molecule has 2 aromatic rings. The van der Waals surface area contributed by atoms with Crippen molar-refractivity contribution >= 4 is 17.9 Å². The summed E-state index contributed by atoms with van der Waals surface area (Å²) in [5, 5.41) is 2.80. The first-order valence-corrected chi connectivity index (χ1v) is 14.3. The molecule has 3 amide bonds. The highest BCUT2D eigenvalue weighted by Gasteiger charge is 2.35. The van der Waals surface area contributed by atoms with Crippen molar-refractivity contribution in [2.75, 3.05) is 68.9 Å². The van der Waals surface area contributed by atoms with Crippen LogP contribution in [0, 0.1) is 0 Å². The third-order valence-electron chi connectivity index (χ3n) is 7.35. The molecule has 1 heterocycles. The molecule has 242 valence electrons. The van der Waals surface area contributed by atoms with Gasteiger partial charge in [0.05, 0.1) is 48.7 Å². The Balaban J connectivity index is 1.92. The number of carbonyl (C=O) groups is 3. The van der Waals surface area contributed by atoms with E-state index in [0.717, 1.165) is 12.8 Å². The van der Waals surface area contributed by atoms with Crippen LogP contribution in [0.1, 0.15) is 47.4 Å². The molecule has 0 spiro atoms. The van der Waals surface area contributed by atoms with Crippen LogP contribution in [-0.4, -0.2) is 109 Å². The van der Waals surface area contributed by atoms with Crippen molar-refractivity contribution in [1.29, 1.82) is 0 Å². The molecule has 3 rings (SSSR count). The van der Waals surface area contributed by atoms with E-state index in [0.29, 0.717) is 40.1 Å². The number of hydrogen-bond acceptors (Lipinski definition) is 10. The molecule has 13 heteroatoms. The molecule has 2 atom stereocenters. The second kappa shape index (κ2) is 15.8. The topological polar surface area (TPSA) is 134 Å². The molecule has 1 fully saturated rings. The van der Waals surface area contributed by atoms with Gasteiger partial charge in [-0.3, -0.25) is 9.59 Å². The monoisotopic (exact) mass is 617 g/mol. The molecule has 0 aromatic heterocycles. The Morgan fingerprint density at radius 2 is 1.25 bits per heavy atom. The van der Waals surface area contributed by atoms with Crippen molar-refractivity contribution in [1.82, 2.24) is 15.1 Å². The van der Waals surface area contributed by atoms with Gasteiger partial charge in [-0.2, -0.15) is 0 Å². The maximum atomic E-state index is 13.9. The van der Waals surface area contributed by atoms with E-state index in [1.807, 2.05) is 13.8 Å². The fourth-order valence-corrected chi connectivity index (χ4v) is 5.13. The molecule has 1 saturated heterocycles. The lowest BCUT2D eigenvalue weighted by Crippen LogP contribution is -2.58. The van der Waals surface area contributed by atoms with Crippen molar-refractivity contribution < 1.29 is 47.5 Å². The molecule has 0 saturated carbocycles. The van der Waals surface area contributed by atoms with Crippen molar-refractivity contribution in [3.63, 3.8) is 0 Å². The SMILES string of the molecule is CCCC(C)NC(=O)OCC1CN(C(=O)c2cc(OC)c(OC)c(OC)c2)CCN1C(=O)c1cc(OC)c(OC)c(OC)c1. The van der Waals surface area contributed by atoms with Gasteiger partial charge in [0.25, 0.3) is 11.8 Å². The van der Waals surface area contributed by atoms with Crippen molar-refractivity contribution in [2.24, 2.45) is 0 Å². The number of alkyl carbamates (subject to hydrolysis) is 1. The molecular formula is C31H43N3O10. The van der Waals surface area contributed by atoms with E-state index in [1.54, 1.807) is 34.1 Å². The zero-order valence-electron chi connectivity index (χ0n) is 26.7. The number of amides is 3.